The van der Waals surface area contributed by atoms with Gasteiger partial charge in [0.15, 0.2) is 0 Å². The van der Waals surface area contributed by atoms with Crippen LogP contribution in [0, 0.1) is 0 Å². The van der Waals surface area contributed by atoms with Gasteiger partial charge in [0.05, 0.1) is 0 Å². The van der Waals surface area contributed by atoms with Gasteiger partial charge in [0.1, 0.15) is 6.10 Å². The fraction of sp³-hybridized carbons (Fsp3) is 0.850. The summed E-state index contributed by atoms with van der Waals surface area (Å²) in [5, 5.41) is 8.77. The molecule has 0 radical (unpaired) electrons. The Balaban J connectivity index is 3.97. The number of aliphatic carboxylic acids is 1. The smallest absolute Gasteiger partial charge is 0.306 e. The van der Waals surface area contributed by atoms with E-state index in [0.29, 0.717) is 6.42 Å². The molecule has 0 bridgehead atoms. The molecular weight excluding hydrogens is 544 g/mol. The second-order valence-corrected chi connectivity index (χ2v) is 13.1. The molecular formula is C40H74O4. The molecule has 1 N–H and O–H groups in total. The van der Waals surface area contributed by atoms with Crippen LogP contribution in [0.1, 0.15) is 213 Å². The van der Waals surface area contributed by atoms with Gasteiger partial charge in [-0.3, -0.25) is 9.59 Å². The van der Waals surface area contributed by atoms with Crippen molar-refractivity contribution in [3.63, 3.8) is 0 Å². The highest BCUT2D eigenvalue weighted by Gasteiger charge is 2.14. The molecule has 4 nitrogen and oxygen atoms in total. The lowest BCUT2D eigenvalue weighted by molar-refractivity contribution is -0.150. The number of ether oxygens (including phenoxy) is 1. The molecule has 0 aliphatic heterocycles. The molecule has 0 saturated heterocycles. The van der Waals surface area contributed by atoms with Crippen LogP contribution in [0.5, 0.6) is 0 Å². The van der Waals surface area contributed by atoms with Gasteiger partial charge >= 0.3 is 11.9 Å². The molecule has 1 atom stereocenters. The minimum atomic E-state index is -0.693. The van der Waals surface area contributed by atoms with Gasteiger partial charge in [-0.05, 0) is 70.6 Å². The summed E-state index contributed by atoms with van der Waals surface area (Å²) in [6.45, 7) is 4.52. The zero-order valence-electron chi connectivity index (χ0n) is 29.5. The number of carbonyl (C=O) groups excluding carboxylic acids is 1. The first-order valence-electron chi connectivity index (χ1n) is 19.3. The van der Waals surface area contributed by atoms with Crippen molar-refractivity contribution in [3.8, 4) is 0 Å². The molecule has 4 heteroatoms. The van der Waals surface area contributed by atoms with Crippen LogP contribution < -0.4 is 0 Å². The summed E-state index contributed by atoms with van der Waals surface area (Å²) in [4.78, 5) is 23.3. The van der Waals surface area contributed by atoms with Crippen LogP contribution in [0.25, 0.3) is 0 Å². The molecule has 0 fully saturated rings. The van der Waals surface area contributed by atoms with Crippen LogP contribution in [-0.2, 0) is 14.3 Å². The second kappa shape index (κ2) is 35.9. The number of allylic oxidation sites excluding steroid dienone is 4. The van der Waals surface area contributed by atoms with Crippen LogP contribution in [0.2, 0.25) is 0 Å². The normalized spacial score (nSPS) is 12.4. The summed E-state index contributed by atoms with van der Waals surface area (Å²) in [5.74, 6) is -0.688. The third-order valence-electron chi connectivity index (χ3n) is 8.68. The quantitative estimate of drug-likeness (QED) is 0.0436. The van der Waals surface area contributed by atoms with E-state index in [0.717, 1.165) is 77.0 Å². The van der Waals surface area contributed by atoms with Crippen LogP contribution in [0.4, 0.5) is 0 Å². The molecule has 0 saturated carbocycles. The highest BCUT2D eigenvalue weighted by Crippen LogP contribution is 2.19. The predicted octanol–water partition coefficient (Wildman–Crippen LogP) is 13.2. The highest BCUT2D eigenvalue weighted by molar-refractivity contribution is 5.69. The summed E-state index contributed by atoms with van der Waals surface area (Å²) >= 11 is 0. The van der Waals surface area contributed by atoms with Crippen LogP contribution >= 0.6 is 0 Å². The summed E-state index contributed by atoms with van der Waals surface area (Å²) in [6, 6.07) is 0. The van der Waals surface area contributed by atoms with Crippen molar-refractivity contribution in [2.24, 2.45) is 0 Å². The molecule has 44 heavy (non-hydrogen) atoms. The Morgan fingerprint density at radius 2 is 0.886 bits per heavy atom. The number of carboxylic acid groups (broad SMARTS) is 1. The molecule has 258 valence electrons. The predicted molar refractivity (Wildman–Crippen MR) is 190 cm³/mol. The van der Waals surface area contributed by atoms with E-state index in [9.17, 15) is 9.59 Å². The van der Waals surface area contributed by atoms with Crippen LogP contribution in [0.3, 0.4) is 0 Å². The highest BCUT2D eigenvalue weighted by atomic mass is 16.5. The number of carboxylic acids is 1. The molecule has 0 spiro atoms. The monoisotopic (exact) mass is 619 g/mol. The van der Waals surface area contributed by atoms with E-state index in [1.165, 1.54) is 109 Å². The van der Waals surface area contributed by atoms with Crippen molar-refractivity contribution >= 4 is 11.9 Å². The van der Waals surface area contributed by atoms with E-state index in [1.807, 2.05) is 0 Å². The van der Waals surface area contributed by atoms with Gasteiger partial charge < -0.3 is 9.84 Å². The van der Waals surface area contributed by atoms with Gasteiger partial charge in [-0.25, -0.2) is 0 Å². The van der Waals surface area contributed by atoms with Gasteiger partial charge in [0, 0.05) is 12.8 Å². The third kappa shape index (κ3) is 34.9. The molecule has 0 amide bonds. The standard InChI is InChI=1S/C40H74O4/c1-3-5-7-9-11-13-14-15-16-17-18-19-20-21-23-29-33-37-40(43)44-38(34-30-26-22-12-10-8-6-4-2)35-31-27-24-25-28-32-36-39(41)42/h11,13,15-16,38H,3-10,12,14,17-37H2,1-2H3,(H,41,42)/b13-11-,16-15-. The molecule has 0 rings (SSSR count). The van der Waals surface area contributed by atoms with E-state index in [2.05, 4.69) is 38.2 Å². The van der Waals surface area contributed by atoms with Crippen molar-refractivity contribution in [2.75, 3.05) is 0 Å². The Morgan fingerprint density at radius 1 is 0.500 bits per heavy atom. The first-order valence-corrected chi connectivity index (χ1v) is 19.3. The molecule has 0 aromatic rings. The molecule has 0 aromatic carbocycles. The van der Waals surface area contributed by atoms with Crippen molar-refractivity contribution in [1.29, 1.82) is 0 Å². The maximum Gasteiger partial charge on any atom is 0.306 e. The molecule has 0 aromatic heterocycles. The first kappa shape index (κ1) is 42.4. The van der Waals surface area contributed by atoms with E-state index < -0.39 is 5.97 Å². The Labute approximate surface area is 274 Å². The topological polar surface area (TPSA) is 63.6 Å². The van der Waals surface area contributed by atoms with Crippen molar-refractivity contribution in [2.45, 2.75) is 219 Å². The second-order valence-electron chi connectivity index (χ2n) is 13.1. The SMILES string of the molecule is CCCCC/C=C\C/C=C\CCCCCCCCCC(=O)OC(CCCCCCCCCC)CCCCCCCCC(=O)O. The number of hydrogen-bond donors (Lipinski definition) is 1. The van der Waals surface area contributed by atoms with E-state index in [4.69, 9.17) is 9.84 Å². The zero-order chi connectivity index (χ0) is 32.2. The molecule has 0 aliphatic rings. The molecule has 0 aliphatic carbocycles. The third-order valence-corrected chi connectivity index (χ3v) is 8.68. The van der Waals surface area contributed by atoms with E-state index in [-0.39, 0.29) is 18.5 Å². The summed E-state index contributed by atoms with van der Waals surface area (Å²) in [7, 11) is 0. The number of unbranched alkanes of at least 4 members (excludes halogenated alkanes) is 22. The fourth-order valence-electron chi connectivity index (χ4n) is 5.80. The Morgan fingerprint density at radius 3 is 1.39 bits per heavy atom. The Hall–Kier alpha value is -1.58. The number of hydrogen-bond acceptors (Lipinski definition) is 3. The maximum atomic E-state index is 12.6. The van der Waals surface area contributed by atoms with Gasteiger partial charge in [-0.2, -0.15) is 0 Å². The molecule has 1 unspecified atom stereocenters. The number of esters is 1. The lowest BCUT2D eigenvalue weighted by Crippen LogP contribution is -2.18. The summed E-state index contributed by atoms with van der Waals surface area (Å²) in [5.41, 5.74) is 0. The first-order chi connectivity index (χ1) is 21.6. The maximum absolute atomic E-state index is 12.6. The average molecular weight is 619 g/mol. The lowest BCUT2D eigenvalue weighted by Gasteiger charge is -2.18. The van der Waals surface area contributed by atoms with Crippen molar-refractivity contribution in [3.05, 3.63) is 24.3 Å². The largest absolute Gasteiger partial charge is 0.481 e. The summed E-state index contributed by atoms with van der Waals surface area (Å²) in [6.07, 6.45) is 44.8. The van der Waals surface area contributed by atoms with Gasteiger partial charge in [0.2, 0.25) is 0 Å². The lowest BCUT2D eigenvalue weighted by atomic mass is 10.0. The molecule has 0 heterocycles. The zero-order valence-corrected chi connectivity index (χ0v) is 29.5. The average Bonchev–Trinajstić information content (AvgIpc) is 3.01. The van der Waals surface area contributed by atoms with Gasteiger partial charge in [-0.15, -0.1) is 0 Å². The summed E-state index contributed by atoms with van der Waals surface area (Å²) < 4.78 is 6.00. The van der Waals surface area contributed by atoms with E-state index in [1.54, 1.807) is 0 Å². The Bertz CT molecular complexity index is 668. The Kier molecular flexibility index (Phi) is 34.6. The minimum absolute atomic E-state index is 0.00540. The fourth-order valence-corrected chi connectivity index (χ4v) is 5.80. The van der Waals surface area contributed by atoms with Crippen molar-refractivity contribution < 1.29 is 19.4 Å². The van der Waals surface area contributed by atoms with Crippen molar-refractivity contribution in [1.82, 2.24) is 0 Å². The van der Waals surface area contributed by atoms with Gasteiger partial charge in [0.25, 0.3) is 0 Å². The van der Waals surface area contributed by atoms with E-state index >= 15 is 0 Å². The van der Waals surface area contributed by atoms with Crippen LogP contribution in [-0.4, -0.2) is 23.1 Å². The minimum Gasteiger partial charge on any atom is -0.481 e. The van der Waals surface area contributed by atoms with Gasteiger partial charge in [-0.1, -0.05) is 154 Å². The number of carbonyl (C=O) groups is 2. The number of rotatable bonds is 35. The van der Waals surface area contributed by atoms with Crippen LogP contribution in [0.15, 0.2) is 24.3 Å².